The number of rotatable bonds is 0. The van der Waals surface area contributed by atoms with Crippen molar-refractivity contribution in [2.24, 2.45) is 5.92 Å². The second-order valence-electron chi connectivity index (χ2n) is 2.97. The summed E-state index contributed by atoms with van der Waals surface area (Å²) in [7, 11) is 2.08. The summed E-state index contributed by atoms with van der Waals surface area (Å²) in [4.78, 5) is 0. The van der Waals surface area contributed by atoms with Crippen molar-refractivity contribution >= 4 is 0 Å². The SMILES string of the molecule is CN1CC2C=CC=CC2N1. The van der Waals surface area contributed by atoms with E-state index in [0.717, 1.165) is 6.54 Å². The third-order valence-corrected chi connectivity index (χ3v) is 2.10. The van der Waals surface area contributed by atoms with E-state index < -0.39 is 0 Å². The molecule has 2 aliphatic rings. The van der Waals surface area contributed by atoms with Crippen LogP contribution in [-0.4, -0.2) is 24.6 Å². The van der Waals surface area contributed by atoms with Gasteiger partial charge in [0.05, 0.1) is 0 Å². The van der Waals surface area contributed by atoms with Crippen LogP contribution in [0.4, 0.5) is 0 Å². The van der Waals surface area contributed by atoms with Crippen LogP contribution in [0.5, 0.6) is 0 Å². The predicted octanol–water partition coefficient (Wildman–Crippen LogP) is 0.547. The van der Waals surface area contributed by atoms with Gasteiger partial charge in [-0.2, -0.15) is 0 Å². The lowest BCUT2D eigenvalue weighted by atomic mass is 9.98. The molecule has 1 fully saturated rings. The van der Waals surface area contributed by atoms with E-state index in [4.69, 9.17) is 0 Å². The number of hydrazine groups is 1. The van der Waals surface area contributed by atoms with Gasteiger partial charge in [-0.3, -0.25) is 0 Å². The maximum atomic E-state index is 3.35. The molecule has 10 heavy (non-hydrogen) atoms. The van der Waals surface area contributed by atoms with Crippen molar-refractivity contribution < 1.29 is 0 Å². The van der Waals surface area contributed by atoms with Crippen LogP contribution in [0.2, 0.25) is 0 Å². The lowest BCUT2D eigenvalue weighted by Crippen LogP contribution is -2.31. The van der Waals surface area contributed by atoms with Crippen molar-refractivity contribution in [2.75, 3.05) is 13.6 Å². The van der Waals surface area contributed by atoms with Gasteiger partial charge in [-0.05, 0) is 0 Å². The van der Waals surface area contributed by atoms with Crippen molar-refractivity contribution in [2.45, 2.75) is 6.04 Å². The molecule has 0 aromatic rings. The van der Waals surface area contributed by atoms with Crippen molar-refractivity contribution in [1.82, 2.24) is 10.4 Å². The van der Waals surface area contributed by atoms with E-state index in [1.165, 1.54) is 0 Å². The van der Waals surface area contributed by atoms with Gasteiger partial charge in [0.25, 0.3) is 0 Å². The highest BCUT2D eigenvalue weighted by Gasteiger charge is 2.26. The summed E-state index contributed by atoms with van der Waals surface area (Å²) < 4.78 is 0. The van der Waals surface area contributed by atoms with E-state index in [1.54, 1.807) is 0 Å². The molecule has 0 bridgehead atoms. The summed E-state index contributed by atoms with van der Waals surface area (Å²) >= 11 is 0. The second kappa shape index (κ2) is 2.22. The monoisotopic (exact) mass is 136 g/mol. The first kappa shape index (κ1) is 6.13. The van der Waals surface area contributed by atoms with Gasteiger partial charge in [0.2, 0.25) is 0 Å². The predicted molar refractivity (Wildman–Crippen MR) is 41.3 cm³/mol. The lowest BCUT2D eigenvalue weighted by Gasteiger charge is -2.12. The molecule has 0 radical (unpaired) electrons. The molecule has 0 aromatic carbocycles. The molecule has 0 spiro atoms. The highest BCUT2D eigenvalue weighted by molar-refractivity contribution is 5.18. The van der Waals surface area contributed by atoms with Gasteiger partial charge in [0.15, 0.2) is 0 Å². The molecule has 1 heterocycles. The number of nitrogens with one attached hydrogen (secondary N) is 1. The molecule has 2 heteroatoms. The van der Waals surface area contributed by atoms with Crippen molar-refractivity contribution in [3.05, 3.63) is 24.3 Å². The summed E-state index contributed by atoms with van der Waals surface area (Å²) in [6.45, 7) is 1.13. The fourth-order valence-electron chi connectivity index (χ4n) is 1.59. The number of fused-ring (bicyclic) bond motifs is 1. The highest BCUT2D eigenvalue weighted by Crippen LogP contribution is 2.18. The zero-order valence-electron chi connectivity index (χ0n) is 6.12. The second-order valence-corrected chi connectivity index (χ2v) is 2.97. The molecule has 2 nitrogen and oxygen atoms in total. The summed E-state index contributed by atoms with van der Waals surface area (Å²) in [5, 5.41) is 2.15. The Balaban J connectivity index is 2.14. The molecule has 1 aliphatic carbocycles. The first-order valence-corrected chi connectivity index (χ1v) is 3.68. The van der Waals surface area contributed by atoms with Crippen LogP contribution in [0.15, 0.2) is 24.3 Å². The minimum atomic E-state index is 0.551. The molecule has 1 saturated heterocycles. The molecular formula is C8H12N2. The van der Waals surface area contributed by atoms with Gasteiger partial charge >= 0.3 is 0 Å². The van der Waals surface area contributed by atoms with Gasteiger partial charge < -0.3 is 0 Å². The number of nitrogens with zero attached hydrogens (tertiary/aromatic N) is 1. The van der Waals surface area contributed by atoms with E-state index in [-0.39, 0.29) is 0 Å². The van der Waals surface area contributed by atoms with Gasteiger partial charge in [0.1, 0.15) is 0 Å². The molecule has 0 aromatic heterocycles. The zero-order valence-corrected chi connectivity index (χ0v) is 6.12. The van der Waals surface area contributed by atoms with Crippen LogP contribution in [0, 0.1) is 5.92 Å². The molecule has 1 N–H and O–H groups in total. The van der Waals surface area contributed by atoms with Crippen LogP contribution in [0.3, 0.4) is 0 Å². The Kier molecular flexibility index (Phi) is 1.36. The molecular weight excluding hydrogens is 124 g/mol. The Morgan fingerprint density at radius 1 is 1.40 bits per heavy atom. The normalized spacial score (nSPS) is 38.5. The van der Waals surface area contributed by atoms with Gasteiger partial charge in [0, 0.05) is 25.6 Å². The number of hydrogen-bond donors (Lipinski definition) is 1. The Labute approximate surface area is 61.2 Å². The first-order chi connectivity index (χ1) is 4.86. The lowest BCUT2D eigenvalue weighted by molar-refractivity contribution is 0.302. The summed E-state index contributed by atoms with van der Waals surface area (Å²) in [5.74, 6) is 0.690. The maximum Gasteiger partial charge on any atom is 0.0473 e. The average molecular weight is 136 g/mol. The molecule has 2 unspecified atom stereocenters. The average Bonchev–Trinajstić information content (AvgIpc) is 2.27. The van der Waals surface area contributed by atoms with E-state index in [1.807, 2.05) is 0 Å². The summed E-state index contributed by atoms with van der Waals surface area (Å²) in [5.41, 5.74) is 3.35. The van der Waals surface area contributed by atoms with E-state index in [9.17, 15) is 0 Å². The summed E-state index contributed by atoms with van der Waals surface area (Å²) in [6.07, 6.45) is 8.71. The molecule has 2 atom stereocenters. The Bertz CT molecular complexity index is 164. The van der Waals surface area contributed by atoms with Gasteiger partial charge in [-0.25, -0.2) is 10.4 Å². The molecule has 0 saturated carbocycles. The van der Waals surface area contributed by atoms with Crippen LogP contribution in [0.25, 0.3) is 0 Å². The minimum absolute atomic E-state index is 0.551. The van der Waals surface area contributed by atoms with Crippen LogP contribution in [0.1, 0.15) is 0 Å². The largest absolute Gasteiger partial charge is 0.248 e. The van der Waals surface area contributed by atoms with Crippen molar-refractivity contribution in [3.8, 4) is 0 Å². The van der Waals surface area contributed by atoms with Crippen LogP contribution in [-0.2, 0) is 0 Å². The van der Waals surface area contributed by atoms with Crippen LogP contribution < -0.4 is 5.43 Å². The van der Waals surface area contributed by atoms with Crippen molar-refractivity contribution in [3.63, 3.8) is 0 Å². The maximum absolute atomic E-state index is 3.35. The minimum Gasteiger partial charge on any atom is -0.248 e. The number of allylic oxidation sites excluding steroid dienone is 2. The first-order valence-electron chi connectivity index (χ1n) is 3.68. The fraction of sp³-hybridized carbons (Fsp3) is 0.500. The Hall–Kier alpha value is -0.600. The number of hydrogen-bond acceptors (Lipinski definition) is 2. The van der Waals surface area contributed by atoms with E-state index in [2.05, 4.69) is 41.8 Å². The van der Waals surface area contributed by atoms with Gasteiger partial charge in [-0.15, -0.1) is 0 Å². The standard InChI is InChI=1S/C8H12N2/c1-10-6-7-4-2-3-5-8(7)9-10/h2-5,7-9H,6H2,1H3. The smallest absolute Gasteiger partial charge is 0.0473 e. The van der Waals surface area contributed by atoms with Gasteiger partial charge in [-0.1, -0.05) is 24.3 Å². The Morgan fingerprint density at radius 3 is 3.00 bits per heavy atom. The van der Waals surface area contributed by atoms with E-state index >= 15 is 0 Å². The van der Waals surface area contributed by atoms with Crippen LogP contribution >= 0.6 is 0 Å². The molecule has 1 aliphatic heterocycles. The molecule has 0 amide bonds. The van der Waals surface area contributed by atoms with Crippen molar-refractivity contribution in [1.29, 1.82) is 0 Å². The third kappa shape index (κ3) is 0.895. The fourth-order valence-corrected chi connectivity index (χ4v) is 1.59. The quantitative estimate of drug-likeness (QED) is 0.523. The Morgan fingerprint density at radius 2 is 2.20 bits per heavy atom. The molecule has 54 valence electrons. The topological polar surface area (TPSA) is 15.3 Å². The summed E-state index contributed by atoms with van der Waals surface area (Å²) in [6, 6.07) is 0.551. The molecule has 2 rings (SSSR count). The zero-order chi connectivity index (χ0) is 6.97. The van der Waals surface area contributed by atoms with E-state index in [0.29, 0.717) is 12.0 Å². The third-order valence-electron chi connectivity index (χ3n) is 2.10. The highest BCUT2D eigenvalue weighted by atomic mass is 15.5.